The van der Waals surface area contributed by atoms with Crippen molar-refractivity contribution in [1.29, 1.82) is 0 Å². The van der Waals surface area contributed by atoms with Crippen molar-refractivity contribution >= 4 is 11.7 Å². The van der Waals surface area contributed by atoms with Crippen LogP contribution < -0.4 is 10.5 Å². The topological polar surface area (TPSA) is 81.8 Å². The van der Waals surface area contributed by atoms with E-state index in [2.05, 4.69) is 0 Å². The van der Waals surface area contributed by atoms with E-state index in [1.165, 1.54) is 0 Å². The molecule has 0 radical (unpaired) electrons. The highest BCUT2D eigenvalue weighted by molar-refractivity contribution is 5.89. The summed E-state index contributed by atoms with van der Waals surface area (Å²) in [5.74, 6) is -2.01. The minimum absolute atomic E-state index is 0.0730. The maximum atomic E-state index is 13.5. The van der Waals surface area contributed by atoms with Crippen LogP contribution in [0.5, 0.6) is 5.75 Å². The number of carboxylic acid groups (broad SMARTS) is 1. The van der Waals surface area contributed by atoms with Crippen LogP contribution in [-0.2, 0) is 4.74 Å². The minimum Gasteiger partial charge on any atom is -0.488 e. The molecule has 0 aliphatic carbocycles. The van der Waals surface area contributed by atoms with Crippen LogP contribution in [0.1, 0.15) is 23.2 Å². The van der Waals surface area contributed by atoms with Gasteiger partial charge in [0.05, 0.1) is 24.5 Å². The van der Waals surface area contributed by atoms with Crippen LogP contribution >= 0.6 is 0 Å². The van der Waals surface area contributed by atoms with Crippen molar-refractivity contribution in [2.75, 3.05) is 18.9 Å². The lowest BCUT2D eigenvalue weighted by molar-refractivity contribution is 0.0257. The molecule has 3 N–H and O–H groups in total. The van der Waals surface area contributed by atoms with Crippen LogP contribution in [0.3, 0.4) is 0 Å². The zero-order chi connectivity index (χ0) is 13.1. The predicted molar refractivity (Wildman–Crippen MR) is 62.2 cm³/mol. The maximum absolute atomic E-state index is 13.5. The molecule has 5 nitrogen and oxygen atoms in total. The average molecular weight is 255 g/mol. The van der Waals surface area contributed by atoms with Gasteiger partial charge in [-0.05, 0) is 6.07 Å². The van der Waals surface area contributed by atoms with Crippen LogP contribution in [0, 0.1) is 5.82 Å². The molecule has 1 aromatic carbocycles. The summed E-state index contributed by atoms with van der Waals surface area (Å²) in [5, 5.41) is 8.75. The summed E-state index contributed by atoms with van der Waals surface area (Å²) in [6.45, 7) is 1.19. The number of carbonyl (C=O) groups is 1. The van der Waals surface area contributed by atoms with Gasteiger partial charge in [-0.15, -0.1) is 0 Å². The van der Waals surface area contributed by atoms with Crippen LogP contribution in [0.25, 0.3) is 0 Å². The molecule has 1 heterocycles. The molecule has 2 rings (SSSR count). The van der Waals surface area contributed by atoms with Crippen LogP contribution in [-0.4, -0.2) is 30.4 Å². The molecule has 0 spiro atoms. The number of ether oxygens (including phenoxy) is 2. The molecular weight excluding hydrogens is 241 g/mol. The van der Waals surface area contributed by atoms with Gasteiger partial charge < -0.3 is 20.3 Å². The summed E-state index contributed by atoms with van der Waals surface area (Å²) < 4.78 is 24.2. The standard InChI is InChI=1S/C12H14FNO4/c13-9-6-11(10(14)5-8(9)12(15)16)18-7-1-3-17-4-2-7/h5-7H,1-4,14H2,(H,15,16). The summed E-state index contributed by atoms with van der Waals surface area (Å²) in [5.41, 5.74) is 5.33. The van der Waals surface area contributed by atoms with E-state index in [9.17, 15) is 9.18 Å². The predicted octanol–water partition coefficient (Wildman–Crippen LogP) is 1.66. The van der Waals surface area contributed by atoms with E-state index in [-0.39, 0.29) is 17.5 Å². The number of anilines is 1. The second-order valence-corrected chi connectivity index (χ2v) is 4.10. The molecule has 6 heteroatoms. The normalized spacial score (nSPS) is 16.5. The Kier molecular flexibility index (Phi) is 3.66. The molecule has 0 saturated carbocycles. The second-order valence-electron chi connectivity index (χ2n) is 4.10. The smallest absolute Gasteiger partial charge is 0.338 e. The van der Waals surface area contributed by atoms with Crippen molar-refractivity contribution in [3.63, 3.8) is 0 Å². The lowest BCUT2D eigenvalue weighted by Crippen LogP contribution is -2.26. The van der Waals surface area contributed by atoms with Gasteiger partial charge >= 0.3 is 5.97 Å². The maximum Gasteiger partial charge on any atom is 0.338 e. The molecule has 1 fully saturated rings. The van der Waals surface area contributed by atoms with Crippen molar-refractivity contribution in [1.82, 2.24) is 0 Å². The first-order valence-electron chi connectivity index (χ1n) is 5.64. The summed E-state index contributed by atoms with van der Waals surface area (Å²) in [4.78, 5) is 10.7. The van der Waals surface area contributed by atoms with Gasteiger partial charge in [0.15, 0.2) is 0 Å². The number of hydrogen-bond acceptors (Lipinski definition) is 4. The summed E-state index contributed by atoms with van der Waals surface area (Å²) in [7, 11) is 0. The molecule has 0 aromatic heterocycles. The van der Waals surface area contributed by atoms with E-state index in [0.29, 0.717) is 26.1 Å². The van der Waals surface area contributed by atoms with Crippen molar-refractivity contribution in [2.24, 2.45) is 0 Å². The molecule has 98 valence electrons. The molecule has 1 aliphatic rings. The first-order chi connectivity index (χ1) is 8.58. The third-order valence-electron chi connectivity index (χ3n) is 2.79. The van der Waals surface area contributed by atoms with Crippen LogP contribution in [0.4, 0.5) is 10.1 Å². The lowest BCUT2D eigenvalue weighted by Gasteiger charge is -2.24. The van der Waals surface area contributed by atoms with Gasteiger partial charge in [-0.25, -0.2) is 9.18 Å². The van der Waals surface area contributed by atoms with E-state index in [1.807, 2.05) is 0 Å². The number of hydrogen-bond donors (Lipinski definition) is 2. The van der Waals surface area contributed by atoms with Gasteiger partial charge in [0.2, 0.25) is 0 Å². The molecule has 0 amide bonds. The Balaban J connectivity index is 2.18. The monoisotopic (exact) mass is 255 g/mol. The fraction of sp³-hybridized carbons (Fsp3) is 0.417. The Morgan fingerprint density at radius 1 is 1.44 bits per heavy atom. The number of benzene rings is 1. The van der Waals surface area contributed by atoms with Crippen LogP contribution in [0.15, 0.2) is 12.1 Å². The molecule has 0 atom stereocenters. The number of carboxylic acids is 1. The van der Waals surface area contributed by atoms with Gasteiger partial charge in [0.25, 0.3) is 0 Å². The Bertz CT molecular complexity index is 458. The molecule has 1 saturated heterocycles. The highest BCUT2D eigenvalue weighted by atomic mass is 19.1. The minimum atomic E-state index is -1.35. The van der Waals surface area contributed by atoms with Crippen molar-refractivity contribution < 1.29 is 23.8 Å². The number of halogens is 1. The highest BCUT2D eigenvalue weighted by Crippen LogP contribution is 2.28. The van der Waals surface area contributed by atoms with E-state index in [0.717, 1.165) is 12.1 Å². The van der Waals surface area contributed by atoms with Gasteiger partial charge in [-0.3, -0.25) is 0 Å². The summed E-state index contributed by atoms with van der Waals surface area (Å²) in [6, 6.07) is 2.10. The largest absolute Gasteiger partial charge is 0.488 e. The second kappa shape index (κ2) is 5.22. The Morgan fingerprint density at radius 3 is 2.72 bits per heavy atom. The van der Waals surface area contributed by atoms with Gasteiger partial charge in [0.1, 0.15) is 17.7 Å². The number of aromatic carboxylic acids is 1. The van der Waals surface area contributed by atoms with E-state index in [1.54, 1.807) is 0 Å². The zero-order valence-corrected chi connectivity index (χ0v) is 9.69. The molecule has 0 unspecified atom stereocenters. The average Bonchev–Trinajstić information content (AvgIpc) is 2.34. The summed E-state index contributed by atoms with van der Waals surface area (Å²) >= 11 is 0. The molecule has 18 heavy (non-hydrogen) atoms. The first-order valence-corrected chi connectivity index (χ1v) is 5.64. The number of nitrogen functional groups attached to an aromatic ring is 1. The lowest BCUT2D eigenvalue weighted by atomic mass is 10.1. The SMILES string of the molecule is Nc1cc(C(=O)O)c(F)cc1OC1CCOCC1. The van der Waals surface area contributed by atoms with Gasteiger partial charge in [-0.1, -0.05) is 0 Å². The molecule has 1 aliphatic heterocycles. The van der Waals surface area contributed by atoms with Crippen molar-refractivity contribution in [3.8, 4) is 5.75 Å². The van der Waals surface area contributed by atoms with E-state index < -0.39 is 17.3 Å². The Hall–Kier alpha value is -1.82. The highest BCUT2D eigenvalue weighted by Gasteiger charge is 2.19. The van der Waals surface area contributed by atoms with Crippen molar-refractivity contribution in [2.45, 2.75) is 18.9 Å². The van der Waals surface area contributed by atoms with E-state index >= 15 is 0 Å². The third-order valence-corrected chi connectivity index (χ3v) is 2.79. The van der Waals surface area contributed by atoms with Gasteiger partial charge in [-0.2, -0.15) is 0 Å². The number of nitrogens with two attached hydrogens (primary N) is 1. The van der Waals surface area contributed by atoms with Crippen molar-refractivity contribution in [3.05, 3.63) is 23.5 Å². The quantitative estimate of drug-likeness (QED) is 0.803. The molecular formula is C12H14FNO4. The third kappa shape index (κ3) is 2.70. The van der Waals surface area contributed by atoms with E-state index in [4.69, 9.17) is 20.3 Å². The molecule has 1 aromatic rings. The fourth-order valence-corrected chi connectivity index (χ4v) is 1.81. The van der Waals surface area contributed by atoms with Gasteiger partial charge in [0, 0.05) is 18.9 Å². The Morgan fingerprint density at radius 2 is 2.11 bits per heavy atom. The fourth-order valence-electron chi connectivity index (χ4n) is 1.81. The first kappa shape index (κ1) is 12.6. The summed E-state index contributed by atoms with van der Waals surface area (Å²) in [6.07, 6.45) is 1.35. The zero-order valence-electron chi connectivity index (χ0n) is 9.69. The number of rotatable bonds is 3. The molecule has 0 bridgehead atoms. The Labute approximate surface area is 103 Å². The van der Waals surface area contributed by atoms with Crippen LogP contribution in [0.2, 0.25) is 0 Å².